The van der Waals surface area contributed by atoms with Gasteiger partial charge in [-0.2, -0.15) is 0 Å². The Morgan fingerprint density at radius 1 is 1.06 bits per heavy atom. The molecule has 96 valence electrons. The standard InChI is InChI=1S/C13H26N2.ClH/c1-14-8-5-12-6-9-15(10-7-12)11-13-3-2-4-13;/h12-14H,2-11H2,1H3;1H. The average molecular weight is 247 g/mol. The molecule has 0 unspecified atom stereocenters. The first-order valence-electron chi connectivity index (χ1n) is 6.75. The second-order valence-corrected chi connectivity index (χ2v) is 5.43. The second kappa shape index (κ2) is 7.52. The van der Waals surface area contributed by atoms with E-state index >= 15 is 0 Å². The third kappa shape index (κ3) is 4.23. The number of likely N-dealkylation sites (tertiary alicyclic amines) is 1. The van der Waals surface area contributed by atoms with Gasteiger partial charge in [0.25, 0.3) is 0 Å². The number of hydrogen-bond donors (Lipinski definition) is 1. The molecule has 0 aromatic carbocycles. The van der Waals surface area contributed by atoms with Crippen molar-refractivity contribution in [3.8, 4) is 0 Å². The quantitative estimate of drug-likeness (QED) is 0.802. The van der Waals surface area contributed by atoms with Gasteiger partial charge in [-0.25, -0.2) is 0 Å². The van der Waals surface area contributed by atoms with E-state index in [1.807, 2.05) is 0 Å². The Kier molecular flexibility index (Phi) is 6.71. The van der Waals surface area contributed by atoms with Crippen LogP contribution in [-0.4, -0.2) is 38.1 Å². The van der Waals surface area contributed by atoms with Crippen LogP contribution in [0.15, 0.2) is 0 Å². The van der Waals surface area contributed by atoms with Gasteiger partial charge in [-0.05, 0) is 70.6 Å². The van der Waals surface area contributed by atoms with Crippen molar-refractivity contribution in [2.24, 2.45) is 11.8 Å². The molecule has 1 saturated carbocycles. The van der Waals surface area contributed by atoms with Crippen LogP contribution in [0.4, 0.5) is 0 Å². The summed E-state index contributed by atoms with van der Waals surface area (Å²) in [5.41, 5.74) is 0. The Morgan fingerprint density at radius 3 is 2.25 bits per heavy atom. The summed E-state index contributed by atoms with van der Waals surface area (Å²) in [6.07, 6.45) is 8.75. The largest absolute Gasteiger partial charge is 0.320 e. The average Bonchev–Trinajstić information content (AvgIpc) is 2.22. The molecule has 1 N–H and O–H groups in total. The molecule has 1 aliphatic heterocycles. The number of hydrogen-bond acceptors (Lipinski definition) is 2. The van der Waals surface area contributed by atoms with Gasteiger partial charge in [-0.3, -0.25) is 0 Å². The highest BCUT2D eigenvalue weighted by atomic mass is 35.5. The highest BCUT2D eigenvalue weighted by Gasteiger charge is 2.24. The lowest BCUT2D eigenvalue weighted by atomic mass is 9.84. The third-order valence-corrected chi connectivity index (χ3v) is 4.25. The van der Waals surface area contributed by atoms with Crippen molar-refractivity contribution in [2.75, 3.05) is 33.2 Å². The summed E-state index contributed by atoms with van der Waals surface area (Å²) >= 11 is 0. The van der Waals surface area contributed by atoms with Gasteiger partial charge in [0.05, 0.1) is 0 Å². The summed E-state index contributed by atoms with van der Waals surface area (Å²) in [4.78, 5) is 2.71. The lowest BCUT2D eigenvalue weighted by Gasteiger charge is -2.37. The maximum Gasteiger partial charge on any atom is 0.000966 e. The van der Waals surface area contributed by atoms with Crippen LogP contribution in [0.5, 0.6) is 0 Å². The van der Waals surface area contributed by atoms with Crippen LogP contribution in [0.1, 0.15) is 38.5 Å². The smallest absolute Gasteiger partial charge is 0.000966 e. The number of nitrogens with zero attached hydrogens (tertiary/aromatic N) is 1. The molecule has 1 heterocycles. The normalized spacial score (nSPS) is 23.8. The van der Waals surface area contributed by atoms with Crippen LogP contribution >= 0.6 is 12.4 Å². The molecule has 0 amide bonds. The highest BCUT2D eigenvalue weighted by Crippen LogP contribution is 2.29. The van der Waals surface area contributed by atoms with Crippen molar-refractivity contribution in [1.29, 1.82) is 0 Å². The van der Waals surface area contributed by atoms with E-state index in [-0.39, 0.29) is 12.4 Å². The zero-order chi connectivity index (χ0) is 10.5. The predicted molar refractivity (Wildman–Crippen MR) is 72.3 cm³/mol. The number of piperidine rings is 1. The molecule has 2 fully saturated rings. The molecule has 0 aromatic rings. The van der Waals surface area contributed by atoms with Crippen LogP contribution < -0.4 is 5.32 Å². The summed E-state index contributed by atoms with van der Waals surface area (Å²) in [6.45, 7) is 5.34. The van der Waals surface area contributed by atoms with E-state index in [1.54, 1.807) is 0 Å². The van der Waals surface area contributed by atoms with Crippen molar-refractivity contribution >= 4 is 12.4 Å². The van der Waals surface area contributed by atoms with Gasteiger partial charge in [0, 0.05) is 6.54 Å². The number of nitrogens with one attached hydrogen (secondary N) is 1. The molecule has 2 aliphatic rings. The molecule has 1 aliphatic carbocycles. The number of rotatable bonds is 5. The molecule has 0 bridgehead atoms. The van der Waals surface area contributed by atoms with Gasteiger partial charge >= 0.3 is 0 Å². The fourth-order valence-electron chi connectivity index (χ4n) is 2.85. The van der Waals surface area contributed by atoms with E-state index in [9.17, 15) is 0 Å². The lowest BCUT2D eigenvalue weighted by molar-refractivity contribution is 0.129. The Bertz CT molecular complexity index is 175. The molecular formula is C13H27ClN2. The topological polar surface area (TPSA) is 15.3 Å². The van der Waals surface area contributed by atoms with E-state index in [0.29, 0.717) is 0 Å². The van der Waals surface area contributed by atoms with Crippen molar-refractivity contribution in [2.45, 2.75) is 38.5 Å². The van der Waals surface area contributed by atoms with Crippen LogP contribution in [0.2, 0.25) is 0 Å². The Labute approximate surface area is 107 Å². The highest BCUT2D eigenvalue weighted by molar-refractivity contribution is 5.85. The van der Waals surface area contributed by atoms with Crippen molar-refractivity contribution in [1.82, 2.24) is 10.2 Å². The SMILES string of the molecule is CNCCC1CCN(CC2CCC2)CC1.Cl. The zero-order valence-electron chi connectivity index (χ0n) is 10.6. The fraction of sp³-hybridized carbons (Fsp3) is 1.00. The molecule has 3 heteroatoms. The van der Waals surface area contributed by atoms with Crippen LogP contribution in [0.3, 0.4) is 0 Å². The molecule has 16 heavy (non-hydrogen) atoms. The van der Waals surface area contributed by atoms with Crippen LogP contribution in [0.25, 0.3) is 0 Å². The van der Waals surface area contributed by atoms with E-state index < -0.39 is 0 Å². The van der Waals surface area contributed by atoms with E-state index in [1.165, 1.54) is 64.7 Å². The van der Waals surface area contributed by atoms with Crippen LogP contribution in [-0.2, 0) is 0 Å². The first-order valence-corrected chi connectivity index (χ1v) is 6.75. The molecule has 1 saturated heterocycles. The Hall–Kier alpha value is 0.210. The fourth-order valence-corrected chi connectivity index (χ4v) is 2.85. The molecule has 0 radical (unpaired) electrons. The van der Waals surface area contributed by atoms with Crippen LogP contribution in [0, 0.1) is 11.8 Å². The monoisotopic (exact) mass is 246 g/mol. The Morgan fingerprint density at radius 2 is 1.75 bits per heavy atom. The van der Waals surface area contributed by atoms with Crippen molar-refractivity contribution in [3.05, 3.63) is 0 Å². The number of halogens is 1. The maximum atomic E-state index is 3.26. The molecule has 0 spiro atoms. The second-order valence-electron chi connectivity index (χ2n) is 5.43. The van der Waals surface area contributed by atoms with E-state index in [0.717, 1.165) is 11.8 Å². The summed E-state index contributed by atoms with van der Waals surface area (Å²) in [5, 5.41) is 3.26. The predicted octanol–water partition coefficient (Wildman–Crippen LogP) is 2.53. The molecule has 2 rings (SSSR count). The van der Waals surface area contributed by atoms with Gasteiger partial charge in [-0.1, -0.05) is 6.42 Å². The van der Waals surface area contributed by atoms with Gasteiger partial charge < -0.3 is 10.2 Å². The summed E-state index contributed by atoms with van der Waals surface area (Å²) in [7, 11) is 2.06. The first kappa shape index (κ1) is 14.3. The molecule has 2 nitrogen and oxygen atoms in total. The van der Waals surface area contributed by atoms with Crippen molar-refractivity contribution < 1.29 is 0 Å². The Balaban J connectivity index is 0.00000128. The minimum absolute atomic E-state index is 0. The summed E-state index contributed by atoms with van der Waals surface area (Å²) < 4.78 is 0. The van der Waals surface area contributed by atoms with Crippen molar-refractivity contribution in [3.63, 3.8) is 0 Å². The summed E-state index contributed by atoms with van der Waals surface area (Å²) in [6, 6.07) is 0. The molecule has 0 atom stereocenters. The molecule has 0 aromatic heterocycles. The minimum atomic E-state index is 0. The van der Waals surface area contributed by atoms with Gasteiger partial charge in [0.2, 0.25) is 0 Å². The molecular weight excluding hydrogens is 220 g/mol. The van der Waals surface area contributed by atoms with Gasteiger partial charge in [0.1, 0.15) is 0 Å². The summed E-state index contributed by atoms with van der Waals surface area (Å²) in [5.74, 6) is 2.05. The zero-order valence-corrected chi connectivity index (χ0v) is 11.4. The maximum absolute atomic E-state index is 3.26. The van der Waals surface area contributed by atoms with Gasteiger partial charge in [-0.15, -0.1) is 12.4 Å². The van der Waals surface area contributed by atoms with Gasteiger partial charge in [0.15, 0.2) is 0 Å². The first-order chi connectivity index (χ1) is 7.38. The van der Waals surface area contributed by atoms with E-state index in [2.05, 4.69) is 17.3 Å². The van der Waals surface area contributed by atoms with E-state index in [4.69, 9.17) is 0 Å². The minimum Gasteiger partial charge on any atom is -0.320 e. The lowest BCUT2D eigenvalue weighted by Crippen LogP contribution is -2.39. The third-order valence-electron chi connectivity index (χ3n) is 4.25.